The second-order valence-corrected chi connectivity index (χ2v) is 5.81. The van der Waals surface area contributed by atoms with Crippen LogP contribution in [0.5, 0.6) is 0 Å². The molecule has 0 aliphatic heterocycles. The van der Waals surface area contributed by atoms with Crippen molar-refractivity contribution < 1.29 is 9.59 Å². The summed E-state index contributed by atoms with van der Waals surface area (Å²) in [5.74, 6) is -0.521. The minimum atomic E-state index is -0.346. The van der Waals surface area contributed by atoms with E-state index in [0.29, 0.717) is 27.6 Å². The van der Waals surface area contributed by atoms with Gasteiger partial charge in [-0.05, 0) is 36.4 Å². The number of carbonyl (C=O) groups excluding carboxylic acids is 2. The van der Waals surface area contributed by atoms with Crippen molar-refractivity contribution in [2.24, 2.45) is 0 Å². The highest BCUT2D eigenvalue weighted by atomic mass is 16.2. The minimum absolute atomic E-state index is 0.175. The number of hydrogen-bond acceptors (Lipinski definition) is 3. The second kappa shape index (κ2) is 6.60. The Morgan fingerprint density at radius 3 is 2.44 bits per heavy atom. The van der Waals surface area contributed by atoms with Crippen molar-refractivity contribution in [1.82, 2.24) is 9.88 Å². The third-order valence-corrected chi connectivity index (χ3v) is 3.84. The Hall–Kier alpha value is -3.41. The van der Waals surface area contributed by atoms with Crippen molar-refractivity contribution in [3.63, 3.8) is 0 Å². The highest BCUT2D eigenvalue weighted by Crippen LogP contribution is 2.21. The molecule has 3 aromatic rings. The Morgan fingerprint density at radius 2 is 1.68 bits per heavy atom. The van der Waals surface area contributed by atoms with Gasteiger partial charge in [0.25, 0.3) is 17.4 Å². The summed E-state index contributed by atoms with van der Waals surface area (Å²) in [5, 5.41) is 3.96. The van der Waals surface area contributed by atoms with Gasteiger partial charge in [-0.25, -0.2) is 0 Å². The van der Waals surface area contributed by atoms with E-state index in [-0.39, 0.29) is 17.4 Å². The van der Waals surface area contributed by atoms with Crippen molar-refractivity contribution in [3.05, 3.63) is 76.2 Å². The van der Waals surface area contributed by atoms with Crippen LogP contribution in [0.3, 0.4) is 0 Å². The third kappa shape index (κ3) is 3.28. The molecule has 126 valence electrons. The van der Waals surface area contributed by atoms with E-state index >= 15 is 0 Å². The van der Waals surface area contributed by atoms with Crippen LogP contribution in [-0.4, -0.2) is 35.8 Å². The Morgan fingerprint density at radius 1 is 0.960 bits per heavy atom. The molecule has 1 aromatic heterocycles. The number of carbonyl (C=O) groups is 2. The first-order valence-corrected chi connectivity index (χ1v) is 7.71. The van der Waals surface area contributed by atoms with E-state index in [1.54, 1.807) is 62.6 Å². The van der Waals surface area contributed by atoms with Gasteiger partial charge >= 0.3 is 0 Å². The molecule has 0 fully saturated rings. The van der Waals surface area contributed by atoms with Gasteiger partial charge < -0.3 is 15.2 Å². The zero-order valence-electron chi connectivity index (χ0n) is 13.9. The maximum absolute atomic E-state index is 12.6. The Labute approximate surface area is 144 Å². The number of nitrogens with zero attached hydrogens (tertiary/aromatic N) is 1. The van der Waals surface area contributed by atoms with E-state index in [0.717, 1.165) is 0 Å². The molecule has 6 heteroatoms. The van der Waals surface area contributed by atoms with Crippen LogP contribution in [-0.2, 0) is 0 Å². The van der Waals surface area contributed by atoms with Crippen molar-refractivity contribution in [3.8, 4) is 0 Å². The summed E-state index contributed by atoms with van der Waals surface area (Å²) in [6.07, 6.45) is 1.54. The lowest BCUT2D eigenvalue weighted by Gasteiger charge is -2.12. The van der Waals surface area contributed by atoms with Gasteiger partial charge in [0.15, 0.2) is 0 Å². The molecule has 0 bridgehead atoms. The molecule has 1 heterocycles. The molecule has 0 saturated heterocycles. The Balaban J connectivity index is 1.94. The normalized spacial score (nSPS) is 10.5. The molecular formula is C19H17N3O3. The van der Waals surface area contributed by atoms with E-state index < -0.39 is 0 Å². The standard InChI is InChI=1S/C19H17N3O3/c1-22(2)19(25)13-6-3-5-12(11-13)17(23)21-16-8-4-7-15-14(16)9-10-20-18(15)24/h3-11H,1-2H3,(H,20,24)(H,21,23). The van der Waals surface area contributed by atoms with Gasteiger partial charge in [0, 0.05) is 47.9 Å². The van der Waals surface area contributed by atoms with E-state index in [1.165, 1.54) is 11.1 Å². The number of anilines is 1. The lowest BCUT2D eigenvalue weighted by molar-refractivity contribution is 0.0827. The molecule has 0 spiro atoms. The van der Waals surface area contributed by atoms with E-state index in [4.69, 9.17) is 0 Å². The van der Waals surface area contributed by atoms with Crippen LogP contribution in [0.1, 0.15) is 20.7 Å². The summed E-state index contributed by atoms with van der Waals surface area (Å²) in [6, 6.07) is 13.4. The van der Waals surface area contributed by atoms with Crippen LogP contribution in [0, 0.1) is 0 Å². The van der Waals surface area contributed by atoms with Crippen LogP contribution in [0.4, 0.5) is 5.69 Å². The van der Waals surface area contributed by atoms with Gasteiger partial charge in [0.05, 0.1) is 0 Å². The molecule has 6 nitrogen and oxygen atoms in total. The molecule has 0 unspecified atom stereocenters. The van der Waals surface area contributed by atoms with E-state index in [2.05, 4.69) is 10.3 Å². The number of rotatable bonds is 3. The van der Waals surface area contributed by atoms with Gasteiger partial charge in [-0.1, -0.05) is 12.1 Å². The number of aromatic amines is 1. The number of H-pyrrole nitrogens is 1. The summed E-state index contributed by atoms with van der Waals surface area (Å²) < 4.78 is 0. The molecule has 2 amide bonds. The molecule has 0 aliphatic carbocycles. The first-order valence-electron chi connectivity index (χ1n) is 7.71. The number of hydrogen-bond donors (Lipinski definition) is 2. The topological polar surface area (TPSA) is 82.3 Å². The summed E-state index contributed by atoms with van der Waals surface area (Å²) in [7, 11) is 3.31. The van der Waals surface area contributed by atoms with Gasteiger partial charge in [0.1, 0.15) is 0 Å². The Bertz CT molecular complexity index is 1020. The summed E-state index contributed by atoms with van der Waals surface area (Å²) in [6.45, 7) is 0. The van der Waals surface area contributed by atoms with Gasteiger partial charge in [-0.3, -0.25) is 14.4 Å². The predicted molar refractivity (Wildman–Crippen MR) is 97.0 cm³/mol. The smallest absolute Gasteiger partial charge is 0.255 e. The molecule has 0 aliphatic rings. The second-order valence-electron chi connectivity index (χ2n) is 5.81. The van der Waals surface area contributed by atoms with Gasteiger partial charge in [-0.2, -0.15) is 0 Å². The Kier molecular flexibility index (Phi) is 4.35. The lowest BCUT2D eigenvalue weighted by atomic mass is 10.1. The fourth-order valence-corrected chi connectivity index (χ4v) is 2.58. The average molecular weight is 335 g/mol. The largest absolute Gasteiger partial charge is 0.345 e. The highest BCUT2D eigenvalue weighted by Gasteiger charge is 2.13. The molecular weight excluding hydrogens is 318 g/mol. The maximum Gasteiger partial charge on any atom is 0.255 e. The molecule has 25 heavy (non-hydrogen) atoms. The number of benzene rings is 2. The quantitative estimate of drug-likeness (QED) is 0.771. The molecule has 0 atom stereocenters. The van der Waals surface area contributed by atoms with Crippen molar-refractivity contribution in [2.45, 2.75) is 0 Å². The van der Waals surface area contributed by atoms with Crippen molar-refractivity contribution >= 4 is 28.3 Å². The number of pyridine rings is 1. The van der Waals surface area contributed by atoms with Crippen LogP contribution < -0.4 is 10.9 Å². The fraction of sp³-hybridized carbons (Fsp3) is 0.105. The van der Waals surface area contributed by atoms with Crippen molar-refractivity contribution in [1.29, 1.82) is 0 Å². The average Bonchev–Trinajstić information content (AvgIpc) is 2.62. The zero-order chi connectivity index (χ0) is 18.0. The first kappa shape index (κ1) is 16.4. The number of amides is 2. The highest BCUT2D eigenvalue weighted by molar-refractivity contribution is 6.10. The molecule has 2 N–H and O–H groups in total. The van der Waals surface area contributed by atoms with E-state index in [9.17, 15) is 14.4 Å². The maximum atomic E-state index is 12.6. The predicted octanol–water partition coefficient (Wildman–Crippen LogP) is 2.48. The molecule has 0 saturated carbocycles. The number of aromatic nitrogens is 1. The molecule has 0 radical (unpaired) electrons. The lowest BCUT2D eigenvalue weighted by Crippen LogP contribution is -2.22. The summed E-state index contributed by atoms with van der Waals surface area (Å²) in [5.41, 5.74) is 1.13. The minimum Gasteiger partial charge on any atom is -0.345 e. The van der Waals surface area contributed by atoms with Gasteiger partial charge in [0.2, 0.25) is 0 Å². The third-order valence-electron chi connectivity index (χ3n) is 3.84. The SMILES string of the molecule is CN(C)C(=O)c1cccc(C(=O)Nc2cccc3c(=O)[nH]ccc23)c1. The fourth-order valence-electron chi connectivity index (χ4n) is 2.58. The monoisotopic (exact) mass is 335 g/mol. The summed E-state index contributed by atoms with van der Waals surface area (Å²) >= 11 is 0. The molecule has 2 aromatic carbocycles. The van der Waals surface area contributed by atoms with Crippen LogP contribution in [0.25, 0.3) is 10.8 Å². The van der Waals surface area contributed by atoms with Crippen LogP contribution in [0.2, 0.25) is 0 Å². The number of nitrogens with one attached hydrogen (secondary N) is 2. The van der Waals surface area contributed by atoms with Gasteiger partial charge in [-0.15, -0.1) is 0 Å². The number of fused-ring (bicyclic) bond motifs is 1. The van der Waals surface area contributed by atoms with E-state index in [1.807, 2.05) is 0 Å². The van der Waals surface area contributed by atoms with Crippen molar-refractivity contribution in [2.75, 3.05) is 19.4 Å². The summed E-state index contributed by atoms with van der Waals surface area (Å²) in [4.78, 5) is 40.5. The van der Waals surface area contributed by atoms with Crippen LogP contribution >= 0.6 is 0 Å². The zero-order valence-corrected chi connectivity index (χ0v) is 13.9. The first-order chi connectivity index (χ1) is 12.0. The van der Waals surface area contributed by atoms with Crippen LogP contribution in [0.15, 0.2) is 59.5 Å². The molecule has 3 rings (SSSR count).